The van der Waals surface area contributed by atoms with Crippen molar-refractivity contribution < 1.29 is 19.1 Å². The zero-order valence-electron chi connectivity index (χ0n) is 9.91. The summed E-state index contributed by atoms with van der Waals surface area (Å²) < 4.78 is 4.88. The lowest BCUT2D eigenvalue weighted by Gasteiger charge is -2.32. The molecule has 98 valence electrons. The Morgan fingerprint density at radius 2 is 2.26 bits per heavy atom. The quantitative estimate of drug-likeness (QED) is 0.913. The smallest absolute Gasteiger partial charge is 0.331 e. The van der Waals surface area contributed by atoms with Gasteiger partial charge in [-0.05, 0) is 29.5 Å². The molecule has 1 aliphatic heterocycles. The van der Waals surface area contributed by atoms with E-state index in [0.29, 0.717) is 18.5 Å². The van der Waals surface area contributed by atoms with Gasteiger partial charge in [0.2, 0.25) is 0 Å². The lowest BCUT2D eigenvalue weighted by Crippen LogP contribution is -2.42. The number of hydrogen-bond acceptors (Lipinski definition) is 4. The summed E-state index contributed by atoms with van der Waals surface area (Å²) in [5, 5.41) is 11.3. The summed E-state index contributed by atoms with van der Waals surface area (Å²) in [6.45, 7) is 0.411. The Balaban J connectivity index is 1.98. The number of nitrogens with zero attached hydrogens (tertiary/aromatic N) is 1. The zero-order chi connectivity index (χ0) is 13.4. The Hall–Kier alpha value is -2.08. The predicted octanol–water partition coefficient (Wildman–Crippen LogP) is 2.17. The molecule has 1 amide bonds. The highest BCUT2D eigenvalue weighted by Gasteiger charge is 2.37. The second-order valence-electron chi connectivity index (χ2n) is 4.30. The van der Waals surface area contributed by atoms with Crippen LogP contribution in [0, 0.1) is 0 Å². The molecule has 3 rings (SSSR count). The van der Waals surface area contributed by atoms with E-state index >= 15 is 0 Å². The monoisotopic (exact) mass is 277 g/mol. The van der Waals surface area contributed by atoms with Crippen LogP contribution < -0.4 is 0 Å². The number of carboxylic acid groups (broad SMARTS) is 1. The molecule has 0 radical (unpaired) electrons. The summed E-state index contributed by atoms with van der Waals surface area (Å²) in [6.07, 6.45) is 3.44. The minimum absolute atomic E-state index is 0.307. The molecule has 5 nitrogen and oxygen atoms in total. The van der Waals surface area contributed by atoms with Crippen molar-refractivity contribution in [2.75, 3.05) is 6.54 Å². The van der Waals surface area contributed by atoms with Gasteiger partial charge in [0.05, 0.1) is 11.8 Å². The molecule has 0 aromatic carbocycles. The van der Waals surface area contributed by atoms with Crippen LogP contribution in [-0.2, 0) is 11.2 Å². The maximum absolute atomic E-state index is 12.3. The number of carbonyl (C=O) groups is 2. The molecule has 1 aliphatic rings. The van der Waals surface area contributed by atoms with Crippen LogP contribution >= 0.6 is 11.3 Å². The fourth-order valence-corrected chi connectivity index (χ4v) is 3.26. The fourth-order valence-electron chi connectivity index (χ4n) is 2.35. The zero-order valence-corrected chi connectivity index (χ0v) is 10.7. The van der Waals surface area contributed by atoms with Gasteiger partial charge in [-0.15, -0.1) is 11.3 Å². The van der Waals surface area contributed by atoms with Crippen molar-refractivity contribution >= 4 is 23.2 Å². The highest BCUT2D eigenvalue weighted by molar-refractivity contribution is 7.10. The van der Waals surface area contributed by atoms with Crippen LogP contribution in [-0.4, -0.2) is 28.4 Å². The molecule has 2 aromatic heterocycles. The summed E-state index contributed by atoms with van der Waals surface area (Å²) in [7, 11) is 0. The van der Waals surface area contributed by atoms with Gasteiger partial charge in [-0.1, -0.05) is 0 Å². The minimum Gasteiger partial charge on any atom is -0.479 e. The number of carboxylic acids is 1. The van der Waals surface area contributed by atoms with Crippen LogP contribution in [0.4, 0.5) is 0 Å². The molecular formula is C13H11NO4S. The molecule has 19 heavy (non-hydrogen) atoms. The number of fused-ring (bicyclic) bond motifs is 1. The number of amides is 1. The average Bonchev–Trinajstić information content (AvgIpc) is 3.06. The Bertz CT molecular complexity index is 616. The van der Waals surface area contributed by atoms with E-state index in [9.17, 15) is 14.7 Å². The van der Waals surface area contributed by atoms with E-state index in [1.807, 2.05) is 5.38 Å². The van der Waals surface area contributed by atoms with Crippen molar-refractivity contribution in [2.24, 2.45) is 0 Å². The molecule has 1 atom stereocenters. The molecule has 0 spiro atoms. The number of aliphatic carboxylic acids is 1. The second kappa shape index (κ2) is 4.55. The molecule has 6 heteroatoms. The summed E-state index contributed by atoms with van der Waals surface area (Å²) in [5.41, 5.74) is 1.10. The third-order valence-electron chi connectivity index (χ3n) is 3.23. The van der Waals surface area contributed by atoms with Crippen LogP contribution in [0.1, 0.15) is 26.8 Å². The molecule has 0 saturated carbocycles. The molecular weight excluding hydrogens is 266 g/mol. The SMILES string of the molecule is O=C(O)C1c2ccsc2CCN1C(=O)c1ccoc1. The standard InChI is InChI=1S/C13H11NO4S/c15-12(8-2-5-18-7-8)14-4-1-10-9(3-6-19-10)11(14)13(16)17/h2-3,5-7,11H,1,4H2,(H,16,17). The molecule has 0 bridgehead atoms. The maximum Gasteiger partial charge on any atom is 0.331 e. The van der Waals surface area contributed by atoms with Crippen LogP contribution in [0.25, 0.3) is 0 Å². The Morgan fingerprint density at radius 1 is 1.42 bits per heavy atom. The van der Waals surface area contributed by atoms with Gasteiger partial charge in [0.1, 0.15) is 6.26 Å². The normalized spacial score (nSPS) is 18.1. The van der Waals surface area contributed by atoms with E-state index in [1.165, 1.54) is 28.8 Å². The average molecular weight is 277 g/mol. The van der Waals surface area contributed by atoms with Gasteiger partial charge in [0, 0.05) is 11.4 Å². The number of furan rings is 1. The number of hydrogen-bond donors (Lipinski definition) is 1. The maximum atomic E-state index is 12.3. The summed E-state index contributed by atoms with van der Waals surface area (Å²) in [5.74, 6) is -1.31. The highest BCUT2D eigenvalue weighted by atomic mass is 32.1. The Morgan fingerprint density at radius 3 is 2.95 bits per heavy atom. The Labute approximate surface area is 113 Å². The third-order valence-corrected chi connectivity index (χ3v) is 4.23. The van der Waals surface area contributed by atoms with E-state index < -0.39 is 12.0 Å². The summed E-state index contributed by atoms with van der Waals surface area (Å²) in [4.78, 5) is 26.2. The van der Waals surface area contributed by atoms with E-state index in [0.717, 1.165) is 10.4 Å². The molecule has 0 fully saturated rings. The molecule has 0 saturated heterocycles. The van der Waals surface area contributed by atoms with Gasteiger partial charge < -0.3 is 14.4 Å². The van der Waals surface area contributed by atoms with Crippen LogP contribution in [0.3, 0.4) is 0 Å². The second-order valence-corrected chi connectivity index (χ2v) is 5.30. The lowest BCUT2D eigenvalue weighted by molar-refractivity contribution is -0.142. The van der Waals surface area contributed by atoms with E-state index in [1.54, 1.807) is 12.1 Å². The number of rotatable bonds is 2. The first-order valence-corrected chi connectivity index (χ1v) is 6.68. The molecule has 1 unspecified atom stereocenters. The lowest BCUT2D eigenvalue weighted by atomic mass is 9.99. The Kier molecular flexibility index (Phi) is 2.87. The van der Waals surface area contributed by atoms with Gasteiger partial charge >= 0.3 is 5.97 Å². The first-order chi connectivity index (χ1) is 9.18. The number of carbonyl (C=O) groups excluding carboxylic acids is 1. The number of thiophene rings is 1. The molecule has 0 aliphatic carbocycles. The van der Waals surface area contributed by atoms with Gasteiger partial charge in [-0.25, -0.2) is 4.79 Å². The van der Waals surface area contributed by atoms with Crippen LogP contribution in [0.15, 0.2) is 34.5 Å². The van der Waals surface area contributed by atoms with Gasteiger partial charge in [0.25, 0.3) is 5.91 Å². The van der Waals surface area contributed by atoms with E-state index in [2.05, 4.69) is 0 Å². The predicted molar refractivity (Wildman–Crippen MR) is 68.1 cm³/mol. The van der Waals surface area contributed by atoms with E-state index in [4.69, 9.17) is 4.42 Å². The van der Waals surface area contributed by atoms with E-state index in [-0.39, 0.29) is 5.91 Å². The molecule has 1 N–H and O–H groups in total. The van der Waals surface area contributed by atoms with Gasteiger partial charge in [-0.3, -0.25) is 4.79 Å². The van der Waals surface area contributed by atoms with Crippen LogP contribution in [0.2, 0.25) is 0 Å². The highest BCUT2D eigenvalue weighted by Crippen LogP contribution is 2.34. The van der Waals surface area contributed by atoms with Crippen molar-refractivity contribution in [1.82, 2.24) is 4.90 Å². The summed E-state index contributed by atoms with van der Waals surface area (Å²) in [6, 6.07) is 2.43. The third kappa shape index (κ3) is 1.94. The van der Waals surface area contributed by atoms with Gasteiger partial charge in [0.15, 0.2) is 6.04 Å². The topological polar surface area (TPSA) is 70.8 Å². The molecule has 3 heterocycles. The minimum atomic E-state index is -1.00. The van der Waals surface area contributed by atoms with Crippen molar-refractivity contribution in [3.8, 4) is 0 Å². The first kappa shape index (κ1) is 12.0. The van der Waals surface area contributed by atoms with Crippen molar-refractivity contribution in [3.63, 3.8) is 0 Å². The fraction of sp³-hybridized carbons (Fsp3) is 0.231. The molecule has 2 aromatic rings. The van der Waals surface area contributed by atoms with Crippen LogP contribution in [0.5, 0.6) is 0 Å². The largest absolute Gasteiger partial charge is 0.479 e. The first-order valence-electron chi connectivity index (χ1n) is 5.80. The summed E-state index contributed by atoms with van der Waals surface area (Å²) >= 11 is 1.54. The van der Waals surface area contributed by atoms with Gasteiger partial charge in [-0.2, -0.15) is 0 Å². The van der Waals surface area contributed by atoms with Crippen molar-refractivity contribution in [3.05, 3.63) is 46.0 Å². The van der Waals surface area contributed by atoms with Crippen molar-refractivity contribution in [1.29, 1.82) is 0 Å². The van der Waals surface area contributed by atoms with Crippen molar-refractivity contribution in [2.45, 2.75) is 12.5 Å².